The van der Waals surface area contributed by atoms with Crippen molar-refractivity contribution >= 4 is 28.8 Å². The van der Waals surface area contributed by atoms with E-state index in [4.69, 9.17) is 21.6 Å². The number of thiazole rings is 1. The summed E-state index contributed by atoms with van der Waals surface area (Å²) in [6.07, 6.45) is 0.166. The summed E-state index contributed by atoms with van der Waals surface area (Å²) in [6.45, 7) is 0.349. The third kappa shape index (κ3) is 5.06. The predicted molar refractivity (Wildman–Crippen MR) is 80.2 cm³/mol. The number of carbonyl (C=O) groups is 1. The van der Waals surface area contributed by atoms with Crippen molar-refractivity contribution < 1.29 is 9.53 Å². The zero-order valence-corrected chi connectivity index (χ0v) is 12.6. The lowest BCUT2D eigenvalue weighted by Crippen LogP contribution is -2.25. The monoisotopic (exact) mass is 321 g/mol. The van der Waals surface area contributed by atoms with E-state index < -0.39 is 0 Å². The number of nitriles is 1. The van der Waals surface area contributed by atoms with Gasteiger partial charge in [0.15, 0.2) is 0 Å². The van der Waals surface area contributed by atoms with Gasteiger partial charge in [0, 0.05) is 10.4 Å². The van der Waals surface area contributed by atoms with Crippen molar-refractivity contribution in [1.29, 1.82) is 5.26 Å². The Kier molecular flexibility index (Phi) is 5.55. The van der Waals surface area contributed by atoms with Gasteiger partial charge in [0.05, 0.1) is 18.2 Å². The Bertz CT molecular complexity index is 649. The summed E-state index contributed by atoms with van der Waals surface area (Å²) in [5.41, 5.74) is 0.671. The third-order valence-corrected chi connectivity index (χ3v) is 3.60. The van der Waals surface area contributed by atoms with Gasteiger partial charge >= 0.3 is 0 Å². The molecule has 1 aromatic carbocycles. The van der Waals surface area contributed by atoms with Crippen LogP contribution >= 0.6 is 22.9 Å². The molecule has 0 fully saturated rings. The number of ether oxygens (including phenoxy) is 1. The van der Waals surface area contributed by atoms with E-state index >= 15 is 0 Å². The van der Waals surface area contributed by atoms with Crippen LogP contribution in [0.1, 0.15) is 10.7 Å². The van der Waals surface area contributed by atoms with E-state index in [1.165, 1.54) is 11.3 Å². The molecule has 21 heavy (non-hydrogen) atoms. The quantitative estimate of drug-likeness (QED) is 0.830. The largest absolute Gasteiger partial charge is 0.486 e. The molecule has 0 aliphatic carbocycles. The molecule has 0 spiro atoms. The van der Waals surface area contributed by atoms with Crippen LogP contribution in [0.4, 0.5) is 0 Å². The molecule has 108 valence electrons. The number of halogens is 1. The van der Waals surface area contributed by atoms with Gasteiger partial charge < -0.3 is 10.1 Å². The second-order valence-corrected chi connectivity index (χ2v) is 5.47. The van der Waals surface area contributed by atoms with E-state index in [2.05, 4.69) is 10.3 Å². The molecule has 0 bridgehead atoms. The van der Waals surface area contributed by atoms with Crippen LogP contribution in [0.25, 0.3) is 0 Å². The van der Waals surface area contributed by atoms with Crippen molar-refractivity contribution in [3.8, 4) is 11.8 Å². The standard InChI is InChI=1S/C14H12ClN3O2S/c15-10-1-3-12(4-2-10)20-8-14-18-11(9-21-14)7-13(19)17-6-5-16/h1-4,9H,6-8H2,(H,17,19). The Morgan fingerprint density at radius 3 is 2.90 bits per heavy atom. The molecule has 2 rings (SSSR count). The average molecular weight is 322 g/mol. The highest BCUT2D eigenvalue weighted by molar-refractivity contribution is 7.09. The Morgan fingerprint density at radius 2 is 2.19 bits per heavy atom. The second-order valence-electron chi connectivity index (χ2n) is 4.09. The lowest BCUT2D eigenvalue weighted by Gasteiger charge is -2.03. The normalized spacial score (nSPS) is 9.90. The number of amides is 1. The lowest BCUT2D eigenvalue weighted by molar-refractivity contribution is -0.120. The van der Waals surface area contributed by atoms with Gasteiger partial charge in [-0.05, 0) is 24.3 Å². The summed E-state index contributed by atoms with van der Waals surface area (Å²) < 4.78 is 5.58. The SMILES string of the molecule is N#CCNC(=O)Cc1csc(COc2ccc(Cl)cc2)n1. The molecule has 1 aromatic heterocycles. The summed E-state index contributed by atoms with van der Waals surface area (Å²) >= 11 is 7.22. The van der Waals surface area contributed by atoms with Crippen molar-refractivity contribution in [1.82, 2.24) is 10.3 Å². The van der Waals surface area contributed by atoms with E-state index in [9.17, 15) is 4.79 Å². The van der Waals surface area contributed by atoms with Crippen LogP contribution in [0.15, 0.2) is 29.6 Å². The number of aromatic nitrogens is 1. The Labute approximate surface area is 131 Å². The first-order chi connectivity index (χ1) is 10.2. The molecule has 0 aliphatic heterocycles. The van der Waals surface area contributed by atoms with Gasteiger partial charge in [0.25, 0.3) is 0 Å². The van der Waals surface area contributed by atoms with Crippen molar-refractivity contribution in [3.05, 3.63) is 45.4 Å². The third-order valence-electron chi connectivity index (χ3n) is 2.48. The van der Waals surface area contributed by atoms with Gasteiger partial charge in [-0.15, -0.1) is 11.3 Å². The van der Waals surface area contributed by atoms with Crippen LogP contribution in [0.2, 0.25) is 5.02 Å². The molecule has 0 aliphatic rings. The van der Waals surface area contributed by atoms with E-state index in [-0.39, 0.29) is 18.9 Å². The Morgan fingerprint density at radius 1 is 1.43 bits per heavy atom. The van der Waals surface area contributed by atoms with Crippen LogP contribution < -0.4 is 10.1 Å². The molecular formula is C14H12ClN3O2S. The summed E-state index contributed by atoms with van der Waals surface area (Å²) in [4.78, 5) is 15.8. The molecule has 0 radical (unpaired) electrons. The second kappa shape index (κ2) is 7.62. The highest BCUT2D eigenvalue weighted by atomic mass is 35.5. The first kappa shape index (κ1) is 15.3. The summed E-state index contributed by atoms with van der Waals surface area (Å²) in [6, 6.07) is 8.93. The van der Waals surface area contributed by atoms with Crippen LogP contribution in [0.3, 0.4) is 0 Å². The minimum absolute atomic E-state index is 0.00943. The molecule has 0 unspecified atom stereocenters. The molecule has 0 saturated carbocycles. The first-order valence-corrected chi connectivity index (χ1v) is 7.38. The fourth-order valence-corrected chi connectivity index (χ4v) is 2.37. The number of carbonyl (C=O) groups excluding carboxylic acids is 1. The number of nitrogens with one attached hydrogen (secondary N) is 1. The summed E-state index contributed by atoms with van der Waals surface area (Å²) in [7, 11) is 0. The average Bonchev–Trinajstić information content (AvgIpc) is 2.92. The van der Waals surface area contributed by atoms with Gasteiger partial charge in [-0.3, -0.25) is 4.79 Å². The highest BCUT2D eigenvalue weighted by Crippen LogP contribution is 2.18. The van der Waals surface area contributed by atoms with Gasteiger partial charge in [-0.2, -0.15) is 5.26 Å². The number of rotatable bonds is 6. The zero-order chi connectivity index (χ0) is 15.1. The van der Waals surface area contributed by atoms with Crippen molar-refractivity contribution in [2.45, 2.75) is 13.0 Å². The van der Waals surface area contributed by atoms with Crippen LogP contribution in [-0.2, 0) is 17.8 Å². The van der Waals surface area contributed by atoms with E-state index in [1.54, 1.807) is 24.3 Å². The topological polar surface area (TPSA) is 75.0 Å². The highest BCUT2D eigenvalue weighted by Gasteiger charge is 2.07. The molecule has 7 heteroatoms. The molecule has 1 heterocycles. The molecule has 0 saturated heterocycles. The fraction of sp³-hybridized carbons (Fsp3) is 0.214. The fourth-order valence-electron chi connectivity index (χ4n) is 1.54. The van der Waals surface area contributed by atoms with Crippen molar-refractivity contribution in [2.75, 3.05) is 6.54 Å². The van der Waals surface area contributed by atoms with Gasteiger partial charge in [0.2, 0.25) is 5.91 Å². The van der Waals surface area contributed by atoms with E-state index in [0.29, 0.717) is 23.1 Å². The Balaban J connectivity index is 1.84. The minimum atomic E-state index is -0.216. The molecule has 0 atom stereocenters. The number of hydrogen-bond donors (Lipinski definition) is 1. The van der Waals surface area contributed by atoms with Crippen LogP contribution in [0.5, 0.6) is 5.75 Å². The van der Waals surface area contributed by atoms with E-state index in [1.807, 2.05) is 11.4 Å². The maximum absolute atomic E-state index is 11.5. The minimum Gasteiger partial charge on any atom is -0.486 e. The van der Waals surface area contributed by atoms with E-state index in [0.717, 1.165) is 5.01 Å². The summed E-state index contributed by atoms with van der Waals surface area (Å²) in [5, 5.41) is 14.1. The predicted octanol–water partition coefficient (Wildman–Crippen LogP) is 2.56. The first-order valence-electron chi connectivity index (χ1n) is 6.12. The maximum Gasteiger partial charge on any atom is 0.226 e. The van der Waals surface area contributed by atoms with Gasteiger partial charge in [0.1, 0.15) is 23.9 Å². The van der Waals surface area contributed by atoms with Crippen molar-refractivity contribution in [3.63, 3.8) is 0 Å². The van der Waals surface area contributed by atoms with Crippen molar-refractivity contribution in [2.24, 2.45) is 0 Å². The molecule has 2 aromatic rings. The molecule has 1 amide bonds. The smallest absolute Gasteiger partial charge is 0.226 e. The summed E-state index contributed by atoms with van der Waals surface area (Å²) in [5.74, 6) is 0.495. The van der Waals surface area contributed by atoms with Crippen LogP contribution in [-0.4, -0.2) is 17.4 Å². The maximum atomic E-state index is 11.5. The molecule has 5 nitrogen and oxygen atoms in total. The Hall–Kier alpha value is -2.10. The van der Waals surface area contributed by atoms with Gasteiger partial charge in [-0.1, -0.05) is 11.6 Å². The zero-order valence-electron chi connectivity index (χ0n) is 11.0. The number of nitrogens with zero attached hydrogens (tertiary/aromatic N) is 2. The number of benzene rings is 1. The molecular weight excluding hydrogens is 310 g/mol. The van der Waals surface area contributed by atoms with Gasteiger partial charge in [-0.25, -0.2) is 4.98 Å². The number of hydrogen-bond acceptors (Lipinski definition) is 5. The van der Waals surface area contributed by atoms with Crippen LogP contribution in [0, 0.1) is 11.3 Å². The molecule has 1 N–H and O–H groups in total. The lowest BCUT2D eigenvalue weighted by atomic mass is 10.3.